The van der Waals surface area contributed by atoms with E-state index in [2.05, 4.69) is 40.2 Å². The first kappa shape index (κ1) is 18.2. The fourth-order valence-corrected chi connectivity index (χ4v) is 3.33. The maximum absolute atomic E-state index is 12.8. The van der Waals surface area contributed by atoms with Gasteiger partial charge >= 0.3 is 6.03 Å². The zero-order chi connectivity index (χ0) is 18.7. The highest BCUT2D eigenvalue weighted by molar-refractivity contribution is 5.92. The number of nitrogens with one attached hydrogen (secondary N) is 3. The molecular weight excluding hydrogens is 332 g/mol. The van der Waals surface area contributed by atoms with Gasteiger partial charge in [-0.2, -0.15) is 0 Å². The van der Waals surface area contributed by atoms with E-state index in [0.717, 1.165) is 19.3 Å². The van der Waals surface area contributed by atoms with E-state index in [1.165, 1.54) is 23.1 Å². The highest BCUT2D eigenvalue weighted by Crippen LogP contribution is 2.39. The summed E-state index contributed by atoms with van der Waals surface area (Å²) in [6.07, 6.45) is 2.60. The van der Waals surface area contributed by atoms with Crippen molar-refractivity contribution in [3.63, 3.8) is 0 Å². The predicted octanol–water partition coefficient (Wildman–Crippen LogP) is 0.716. The lowest BCUT2D eigenvalue weighted by Crippen LogP contribution is -2.61. The van der Waals surface area contributed by atoms with Gasteiger partial charge in [0.15, 0.2) is 0 Å². The van der Waals surface area contributed by atoms with Crippen LogP contribution in [-0.4, -0.2) is 54.5 Å². The van der Waals surface area contributed by atoms with Gasteiger partial charge in [-0.15, -0.1) is 0 Å². The Balaban J connectivity index is 1.66. The van der Waals surface area contributed by atoms with Crippen LogP contribution >= 0.6 is 0 Å². The molecule has 1 saturated heterocycles. The molecule has 0 spiro atoms. The first-order valence-corrected chi connectivity index (χ1v) is 9.05. The van der Waals surface area contributed by atoms with Crippen molar-refractivity contribution in [3.05, 3.63) is 35.4 Å². The summed E-state index contributed by atoms with van der Waals surface area (Å²) < 4.78 is 0. The summed E-state index contributed by atoms with van der Waals surface area (Å²) in [4.78, 5) is 38.2. The first-order valence-electron chi connectivity index (χ1n) is 9.05. The van der Waals surface area contributed by atoms with E-state index in [1.807, 2.05) is 6.92 Å². The Morgan fingerprint density at radius 1 is 1.27 bits per heavy atom. The third kappa shape index (κ3) is 4.15. The van der Waals surface area contributed by atoms with Crippen LogP contribution in [0, 0.1) is 6.92 Å². The molecule has 1 aromatic rings. The molecule has 1 atom stereocenters. The van der Waals surface area contributed by atoms with Gasteiger partial charge < -0.3 is 20.9 Å². The predicted molar refractivity (Wildman–Crippen MR) is 97.6 cm³/mol. The van der Waals surface area contributed by atoms with Gasteiger partial charge in [0.25, 0.3) is 0 Å². The summed E-state index contributed by atoms with van der Waals surface area (Å²) in [7, 11) is 1.52. The zero-order valence-corrected chi connectivity index (χ0v) is 15.3. The van der Waals surface area contributed by atoms with Crippen LogP contribution in [0.3, 0.4) is 0 Å². The minimum atomic E-state index is -0.765. The van der Waals surface area contributed by atoms with Gasteiger partial charge in [-0.05, 0) is 31.7 Å². The van der Waals surface area contributed by atoms with Crippen molar-refractivity contribution in [3.8, 4) is 0 Å². The maximum atomic E-state index is 12.8. The van der Waals surface area contributed by atoms with Crippen LogP contribution in [0.15, 0.2) is 24.3 Å². The third-order valence-electron chi connectivity index (χ3n) is 5.14. The molecule has 0 bridgehead atoms. The second kappa shape index (κ2) is 7.35. The summed E-state index contributed by atoms with van der Waals surface area (Å²) in [5.41, 5.74) is 2.16. The van der Waals surface area contributed by atoms with Gasteiger partial charge in [0, 0.05) is 25.7 Å². The van der Waals surface area contributed by atoms with Crippen molar-refractivity contribution in [1.82, 2.24) is 20.9 Å². The smallest absolute Gasteiger partial charge is 0.318 e. The molecule has 4 amide bonds. The SMILES string of the molecule is CNC(=O)C[C@H]1C(=O)NCCN1C(=O)NC1(Cc2ccc(C)cc2)CC1. The van der Waals surface area contributed by atoms with E-state index in [0.29, 0.717) is 13.1 Å². The fraction of sp³-hybridized carbons (Fsp3) is 0.526. The summed E-state index contributed by atoms with van der Waals surface area (Å²) in [6, 6.07) is 7.29. The second-order valence-electron chi connectivity index (χ2n) is 7.25. The lowest BCUT2D eigenvalue weighted by atomic mass is 10.0. The van der Waals surface area contributed by atoms with Crippen molar-refractivity contribution in [2.45, 2.75) is 44.2 Å². The molecule has 140 valence electrons. The number of urea groups is 1. The van der Waals surface area contributed by atoms with Crippen LogP contribution in [0.4, 0.5) is 4.79 Å². The van der Waals surface area contributed by atoms with Crippen LogP contribution in [0.25, 0.3) is 0 Å². The van der Waals surface area contributed by atoms with E-state index in [9.17, 15) is 14.4 Å². The van der Waals surface area contributed by atoms with Gasteiger partial charge in [0.1, 0.15) is 6.04 Å². The largest absolute Gasteiger partial charge is 0.359 e. The van der Waals surface area contributed by atoms with E-state index in [4.69, 9.17) is 0 Å². The molecule has 3 N–H and O–H groups in total. The molecule has 1 heterocycles. The number of hydrogen-bond donors (Lipinski definition) is 3. The van der Waals surface area contributed by atoms with E-state index < -0.39 is 6.04 Å². The topological polar surface area (TPSA) is 90.5 Å². The van der Waals surface area contributed by atoms with E-state index in [1.54, 1.807) is 0 Å². The average Bonchev–Trinajstić information content (AvgIpc) is 3.37. The second-order valence-corrected chi connectivity index (χ2v) is 7.25. The van der Waals surface area contributed by atoms with Gasteiger partial charge in [0.2, 0.25) is 11.8 Å². The number of rotatable bonds is 5. The molecule has 2 fully saturated rings. The molecule has 2 aliphatic rings. The van der Waals surface area contributed by atoms with Gasteiger partial charge in [0.05, 0.1) is 6.42 Å². The Labute approximate surface area is 153 Å². The zero-order valence-electron chi connectivity index (χ0n) is 15.3. The average molecular weight is 358 g/mol. The van der Waals surface area contributed by atoms with Crippen LogP contribution in [0.5, 0.6) is 0 Å². The number of nitrogens with zero attached hydrogens (tertiary/aromatic N) is 1. The van der Waals surface area contributed by atoms with Crippen molar-refractivity contribution < 1.29 is 14.4 Å². The number of carbonyl (C=O) groups excluding carboxylic acids is 3. The third-order valence-corrected chi connectivity index (χ3v) is 5.14. The Hall–Kier alpha value is -2.57. The number of piperazine rings is 1. The molecule has 0 unspecified atom stereocenters. The minimum Gasteiger partial charge on any atom is -0.359 e. The molecule has 7 nitrogen and oxygen atoms in total. The molecule has 3 rings (SSSR count). The lowest BCUT2D eigenvalue weighted by molar-refractivity contribution is -0.132. The molecule has 1 aromatic carbocycles. The van der Waals surface area contributed by atoms with Crippen molar-refractivity contribution in [2.24, 2.45) is 0 Å². The van der Waals surface area contributed by atoms with Crippen molar-refractivity contribution in [1.29, 1.82) is 0 Å². The van der Waals surface area contributed by atoms with Crippen molar-refractivity contribution in [2.75, 3.05) is 20.1 Å². The first-order chi connectivity index (χ1) is 12.4. The number of amides is 4. The molecule has 26 heavy (non-hydrogen) atoms. The van der Waals surface area contributed by atoms with E-state index in [-0.39, 0.29) is 29.8 Å². The van der Waals surface area contributed by atoms with Gasteiger partial charge in [-0.25, -0.2) is 4.79 Å². The fourth-order valence-electron chi connectivity index (χ4n) is 3.33. The number of hydrogen-bond acceptors (Lipinski definition) is 3. The quantitative estimate of drug-likeness (QED) is 0.724. The summed E-state index contributed by atoms with van der Waals surface area (Å²) in [5, 5.41) is 8.36. The van der Waals surface area contributed by atoms with Crippen LogP contribution in [-0.2, 0) is 16.0 Å². The molecule has 1 aliphatic carbocycles. The Morgan fingerprint density at radius 2 is 1.96 bits per heavy atom. The Bertz CT molecular complexity index is 697. The summed E-state index contributed by atoms with van der Waals surface area (Å²) in [6.45, 7) is 2.85. The van der Waals surface area contributed by atoms with Gasteiger partial charge in [-0.3, -0.25) is 9.59 Å². The van der Waals surface area contributed by atoms with Crippen LogP contribution in [0.1, 0.15) is 30.4 Å². The number of carbonyl (C=O) groups is 3. The monoisotopic (exact) mass is 358 g/mol. The van der Waals surface area contributed by atoms with Crippen LogP contribution in [0.2, 0.25) is 0 Å². The molecule has 0 radical (unpaired) electrons. The Kier molecular flexibility index (Phi) is 5.15. The molecule has 0 aromatic heterocycles. The molecule has 1 saturated carbocycles. The van der Waals surface area contributed by atoms with E-state index >= 15 is 0 Å². The van der Waals surface area contributed by atoms with Crippen LogP contribution < -0.4 is 16.0 Å². The Morgan fingerprint density at radius 3 is 2.58 bits per heavy atom. The maximum Gasteiger partial charge on any atom is 0.318 e. The highest BCUT2D eigenvalue weighted by Gasteiger charge is 2.46. The normalized spacial score (nSPS) is 20.9. The number of aryl methyl sites for hydroxylation is 1. The summed E-state index contributed by atoms with van der Waals surface area (Å²) in [5.74, 6) is -0.538. The standard InChI is InChI=1S/C19H26N4O3/c1-13-3-5-14(6-4-13)12-19(7-8-19)22-18(26)23-10-9-21-17(25)15(23)11-16(24)20-2/h3-6,15H,7-12H2,1-2H3,(H,20,24)(H,21,25)(H,22,26)/t15-/m0/s1. The molecule has 1 aliphatic heterocycles. The molecule has 7 heteroatoms. The highest BCUT2D eigenvalue weighted by atomic mass is 16.2. The lowest BCUT2D eigenvalue weighted by Gasteiger charge is -2.35. The minimum absolute atomic E-state index is 0.0271. The van der Waals surface area contributed by atoms with Gasteiger partial charge in [-0.1, -0.05) is 29.8 Å². The molecular formula is C19H26N4O3. The number of benzene rings is 1. The summed E-state index contributed by atoms with van der Waals surface area (Å²) >= 11 is 0. The van der Waals surface area contributed by atoms with Crippen molar-refractivity contribution >= 4 is 17.8 Å².